The second-order valence-electron chi connectivity index (χ2n) is 6.23. The Balaban J connectivity index is 2.19. The van der Waals surface area contributed by atoms with Crippen LogP contribution in [0.5, 0.6) is 5.75 Å². The molecule has 0 atom stereocenters. The van der Waals surface area contributed by atoms with Crippen molar-refractivity contribution < 1.29 is 17.9 Å². The summed E-state index contributed by atoms with van der Waals surface area (Å²) in [5.41, 5.74) is 0.559. The van der Waals surface area contributed by atoms with Crippen LogP contribution in [0.15, 0.2) is 36.4 Å². The zero-order chi connectivity index (χ0) is 21.1. The van der Waals surface area contributed by atoms with E-state index < -0.39 is 22.5 Å². The minimum Gasteiger partial charge on any atom is -0.491 e. The lowest BCUT2D eigenvalue weighted by molar-refractivity contribution is -0.114. The van der Waals surface area contributed by atoms with E-state index in [2.05, 4.69) is 5.32 Å². The van der Waals surface area contributed by atoms with Crippen LogP contribution in [0.25, 0.3) is 0 Å². The van der Waals surface area contributed by atoms with E-state index in [1.165, 1.54) is 12.1 Å². The number of anilines is 2. The zero-order valence-corrected chi connectivity index (χ0v) is 18.5. The van der Waals surface area contributed by atoms with Gasteiger partial charge in [0.05, 0.1) is 33.1 Å². The second kappa shape index (κ2) is 9.22. The zero-order valence-electron chi connectivity index (χ0n) is 15.4. The summed E-state index contributed by atoms with van der Waals surface area (Å²) >= 11 is 18.0. The Morgan fingerprint density at radius 2 is 1.64 bits per heavy atom. The van der Waals surface area contributed by atoms with Gasteiger partial charge in [0.2, 0.25) is 15.9 Å². The Bertz CT molecular complexity index is 964. The van der Waals surface area contributed by atoms with Crippen LogP contribution >= 0.6 is 34.8 Å². The Morgan fingerprint density at radius 3 is 2.18 bits per heavy atom. The summed E-state index contributed by atoms with van der Waals surface area (Å²) in [4.78, 5) is 12.4. The number of amides is 1. The monoisotopic (exact) mass is 464 g/mol. The van der Waals surface area contributed by atoms with E-state index in [1.807, 2.05) is 13.8 Å². The average molecular weight is 466 g/mol. The molecule has 0 fully saturated rings. The number of hydrogen-bond donors (Lipinski definition) is 1. The maximum atomic E-state index is 12.4. The van der Waals surface area contributed by atoms with Gasteiger partial charge in [-0.15, -0.1) is 0 Å². The molecule has 0 spiro atoms. The third-order valence-electron chi connectivity index (χ3n) is 3.46. The highest BCUT2D eigenvalue weighted by Gasteiger charge is 2.24. The molecule has 0 bridgehead atoms. The summed E-state index contributed by atoms with van der Waals surface area (Å²) in [6, 6.07) is 9.36. The normalized spacial score (nSPS) is 11.4. The molecule has 0 saturated heterocycles. The maximum Gasteiger partial charge on any atom is 0.245 e. The number of nitrogens with one attached hydrogen (secondary N) is 1. The molecule has 152 valence electrons. The lowest BCUT2D eigenvalue weighted by atomic mass is 10.3. The quantitative estimate of drug-likeness (QED) is 0.594. The number of nitrogens with zero attached hydrogens (tertiary/aromatic N) is 1. The van der Waals surface area contributed by atoms with Gasteiger partial charge < -0.3 is 10.1 Å². The first-order chi connectivity index (χ1) is 13.0. The predicted octanol–water partition coefficient (Wildman–Crippen LogP) is 4.84. The lowest BCUT2D eigenvalue weighted by Gasteiger charge is -2.23. The van der Waals surface area contributed by atoms with Crippen LogP contribution in [0.2, 0.25) is 15.1 Å². The van der Waals surface area contributed by atoms with E-state index in [0.29, 0.717) is 11.4 Å². The molecule has 2 aromatic carbocycles. The Hall–Kier alpha value is -1.67. The summed E-state index contributed by atoms with van der Waals surface area (Å²) < 4.78 is 30.8. The predicted molar refractivity (Wildman–Crippen MR) is 114 cm³/mol. The van der Waals surface area contributed by atoms with Crippen molar-refractivity contribution in [2.75, 3.05) is 22.4 Å². The highest BCUT2D eigenvalue weighted by molar-refractivity contribution is 7.92. The molecule has 0 unspecified atom stereocenters. The van der Waals surface area contributed by atoms with Crippen LogP contribution in [0.4, 0.5) is 11.4 Å². The molecule has 0 radical (unpaired) electrons. The van der Waals surface area contributed by atoms with Crippen molar-refractivity contribution >= 4 is 62.1 Å². The molecule has 0 aliphatic carbocycles. The number of ether oxygens (including phenoxy) is 1. The number of sulfonamides is 1. The second-order valence-corrected chi connectivity index (χ2v) is 9.35. The molecule has 0 aliphatic rings. The van der Waals surface area contributed by atoms with E-state index in [1.54, 1.807) is 24.3 Å². The van der Waals surface area contributed by atoms with Crippen molar-refractivity contribution in [3.63, 3.8) is 0 Å². The summed E-state index contributed by atoms with van der Waals surface area (Å²) in [5.74, 6) is 0.110. The van der Waals surface area contributed by atoms with E-state index in [9.17, 15) is 13.2 Å². The van der Waals surface area contributed by atoms with Crippen molar-refractivity contribution in [3.05, 3.63) is 51.5 Å². The molecule has 0 saturated carbocycles. The fraction of sp³-hybridized carbons (Fsp3) is 0.278. The standard InChI is InChI=1S/C18H19Cl3N2O4S/c1-11(2)27-13-6-4-12(5-7-13)22-18(24)10-23(28(3,25)26)17-9-15(20)14(19)8-16(17)21/h4-9,11H,10H2,1-3H3,(H,22,24). The molecule has 1 N–H and O–H groups in total. The first kappa shape index (κ1) is 22.6. The molecular formula is C18H19Cl3N2O4S. The molecular weight excluding hydrogens is 447 g/mol. The average Bonchev–Trinajstić information content (AvgIpc) is 2.57. The smallest absolute Gasteiger partial charge is 0.245 e. The van der Waals surface area contributed by atoms with Crippen LogP contribution in [-0.2, 0) is 14.8 Å². The molecule has 1 amide bonds. The van der Waals surface area contributed by atoms with Crippen molar-refractivity contribution in [1.29, 1.82) is 0 Å². The Kier molecular flexibility index (Phi) is 7.45. The van der Waals surface area contributed by atoms with E-state index >= 15 is 0 Å². The summed E-state index contributed by atoms with van der Waals surface area (Å²) in [6.07, 6.45) is 0.997. The number of benzene rings is 2. The van der Waals surface area contributed by atoms with Gasteiger partial charge in [-0.1, -0.05) is 34.8 Å². The topological polar surface area (TPSA) is 75.7 Å². The van der Waals surface area contributed by atoms with Gasteiger partial charge in [0.1, 0.15) is 12.3 Å². The van der Waals surface area contributed by atoms with Gasteiger partial charge in [-0.3, -0.25) is 9.10 Å². The molecule has 2 aromatic rings. The summed E-state index contributed by atoms with van der Waals surface area (Å²) in [5, 5.41) is 2.99. The van der Waals surface area contributed by atoms with Gasteiger partial charge in [0.25, 0.3) is 0 Å². The van der Waals surface area contributed by atoms with Crippen molar-refractivity contribution in [2.45, 2.75) is 20.0 Å². The van der Waals surface area contributed by atoms with Gasteiger partial charge in [0, 0.05) is 5.69 Å². The summed E-state index contributed by atoms with van der Waals surface area (Å²) in [6.45, 7) is 3.33. The van der Waals surface area contributed by atoms with Crippen molar-refractivity contribution in [2.24, 2.45) is 0 Å². The van der Waals surface area contributed by atoms with Gasteiger partial charge in [-0.2, -0.15) is 0 Å². The molecule has 0 heterocycles. The third-order valence-corrected chi connectivity index (χ3v) is 5.61. The largest absolute Gasteiger partial charge is 0.491 e. The van der Waals surface area contributed by atoms with Crippen LogP contribution < -0.4 is 14.4 Å². The SMILES string of the molecule is CC(C)Oc1ccc(NC(=O)CN(c2cc(Cl)c(Cl)cc2Cl)S(C)(=O)=O)cc1. The number of hydrogen-bond acceptors (Lipinski definition) is 4. The number of rotatable bonds is 7. The highest BCUT2D eigenvalue weighted by atomic mass is 35.5. The number of halogens is 3. The Morgan fingerprint density at radius 1 is 1.07 bits per heavy atom. The van der Waals surface area contributed by atoms with Gasteiger partial charge in [0.15, 0.2) is 0 Å². The third kappa shape index (κ3) is 6.17. The fourth-order valence-corrected chi connectivity index (χ4v) is 3.86. The molecule has 2 rings (SSSR count). The van der Waals surface area contributed by atoms with E-state index in [4.69, 9.17) is 39.5 Å². The molecule has 0 aliphatic heterocycles. The minimum atomic E-state index is -3.81. The number of carbonyl (C=O) groups excluding carboxylic acids is 1. The van der Waals surface area contributed by atoms with Crippen LogP contribution in [0.1, 0.15) is 13.8 Å². The minimum absolute atomic E-state index is 0.0275. The van der Waals surface area contributed by atoms with Crippen LogP contribution in [-0.4, -0.2) is 33.2 Å². The fourth-order valence-electron chi connectivity index (χ4n) is 2.30. The molecule has 6 nitrogen and oxygen atoms in total. The first-order valence-corrected chi connectivity index (χ1v) is 11.1. The van der Waals surface area contributed by atoms with Crippen LogP contribution in [0, 0.1) is 0 Å². The van der Waals surface area contributed by atoms with Crippen molar-refractivity contribution in [1.82, 2.24) is 0 Å². The van der Waals surface area contributed by atoms with Gasteiger partial charge in [-0.25, -0.2) is 8.42 Å². The summed E-state index contributed by atoms with van der Waals surface area (Å²) in [7, 11) is -3.81. The van der Waals surface area contributed by atoms with Crippen molar-refractivity contribution in [3.8, 4) is 5.75 Å². The van der Waals surface area contributed by atoms with Gasteiger partial charge in [-0.05, 0) is 50.2 Å². The lowest BCUT2D eigenvalue weighted by Crippen LogP contribution is -2.37. The van der Waals surface area contributed by atoms with E-state index in [0.717, 1.165) is 10.6 Å². The van der Waals surface area contributed by atoms with Crippen LogP contribution in [0.3, 0.4) is 0 Å². The highest BCUT2D eigenvalue weighted by Crippen LogP contribution is 2.35. The molecule has 10 heteroatoms. The van der Waals surface area contributed by atoms with Gasteiger partial charge >= 0.3 is 0 Å². The number of carbonyl (C=O) groups is 1. The maximum absolute atomic E-state index is 12.4. The Labute approximate surface area is 179 Å². The first-order valence-electron chi connectivity index (χ1n) is 8.16. The molecule has 0 aromatic heterocycles. The van der Waals surface area contributed by atoms with E-state index in [-0.39, 0.29) is 26.9 Å². The molecule has 28 heavy (non-hydrogen) atoms.